The molecule has 0 saturated carbocycles. The SMILES string of the molecule is CC(C)C(=O)NC1CCN(C(=O)c2ccccc2)CC1. The summed E-state index contributed by atoms with van der Waals surface area (Å²) in [5.74, 6) is 0.191. The van der Waals surface area contributed by atoms with Crippen LogP contribution in [0.1, 0.15) is 37.0 Å². The molecule has 1 aromatic rings. The summed E-state index contributed by atoms with van der Waals surface area (Å²) in [5.41, 5.74) is 0.733. The molecule has 1 N–H and O–H groups in total. The van der Waals surface area contributed by atoms with Gasteiger partial charge >= 0.3 is 0 Å². The summed E-state index contributed by atoms with van der Waals surface area (Å²) < 4.78 is 0. The van der Waals surface area contributed by atoms with Crippen molar-refractivity contribution < 1.29 is 9.59 Å². The number of benzene rings is 1. The lowest BCUT2D eigenvalue weighted by Crippen LogP contribution is -2.47. The van der Waals surface area contributed by atoms with E-state index in [1.807, 2.05) is 49.1 Å². The lowest BCUT2D eigenvalue weighted by Gasteiger charge is -2.32. The van der Waals surface area contributed by atoms with Crippen molar-refractivity contribution in [1.29, 1.82) is 0 Å². The topological polar surface area (TPSA) is 49.4 Å². The first kappa shape index (κ1) is 14.6. The summed E-state index contributed by atoms with van der Waals surface area (Å²) >= 11 is 0. The van der Waals surface area contributed by atoms with Crippen molar-refractivity contribution in [2.45, 2.75) is 32.7 Å². The molecule has 1 saturated heterocycles. The Morgan fingerprint density at radius 3 is 2.30 bits per heavy atom. The van der Waals surface area contributed by atoms with Gasteiger partial charge in [-0.15, -0.1) is 0 Å². The van der Waals surface area contributed by atoms with E-state index in [0.717, 1.165) is 18.4 Å². The first-order valence-electron chi connectivity index (χ1n) is 7.22. The van der Waals surface area contributed by atoms with Crippen LogP contribution in [0.4, 0.5) is 0 Å². The molecule has 2 amide bonds. The van der Waals surface area contributed by atoms with E-state index in [1.54, 1.807) is 0 Å². The van der Waals surface area contributed by atoms with E-state index in [0.29, 0.717) is 13.1 Å². The molecule has 0 aromatic heterocycles. The Morgan fingerprint density at radius 2 is 1.75 bits per heavy atom. The Balaban J connectivity index is 1.85. The molecule has 20 heavy (non-hydrogen) atoms. The van der Waals surface area contributed by atoms with Gasteiger partial charge in [0.25, 0.3) is 5.91 Å². The van der Waals surface area contributed by atoms with Gasteiger partial charge in [-0.05, 0) is 25.0 Å². The average Bonchev–Trinajstić information content (AvgIpc) is 2.48. The van der Waals surface area contributed by atoms with Gasteiger partial charge in [-0.3, -0.25) is 9.59 Å². The molecule has 0 atom stereocenters. The zero-order valence-corrected chi connectivity index (χ0v) is 12.1. The van der Waals surface area contributed by atoms with Crippen molar-refractivity contribution in [2.75, 3.05) is 13.1 Å². The van der Waals surface area contributed by atoms with Crippen LogP contribution in [-0.2, 0) is 4.79 Å². The lowest BCUT2D eigenvalue weighted by molar-refractivity contribution is -0.124. The minimum Gasteiger partial charge on any atom is -0.353 e. The molecule has 1 aliphatic heterocycles. The second-order valence-corrected chi connectivity index (χ2v) is 5.60. The summed E-state index contributed by atoms with van der Waals surface area (Å²) in [6.07, 6.45) is 1.66. The predicted molar refractivity (Wildman–Crippen MR) is 78.3 cm³/mol. The van der Waals surface area contributed by atoms with E-state index in [9.17, 15) is 9.59 Å². The van der Waals surface area contributed by atoms with Crippen LogP contribution >= 0.6 is 0 Å². The summed E-state index contributed by atoms with van der Waals surface area (Å²) in [5, 5.41) is 3.04. The molecule has 1 heterocycles. The summed E-state index contributed by atoms with van der Waals surface area (Å²) in [6.45, 7) is 5.19. The Labute approximate surface area is 120 Å². The van der Waals surface area contributed by atoms with Gasteiger partial charge < -0.3 is 10.2 Å². The molecule has 0 spiro atoms. The van der Waals surface area contributed by atoms with Crippen LogP contribution in [0.2, 0.25) is 0 Å². The van der Waals surface area contributed by atoms with Crippen LogP contribution in [0, 0.1) is 5.92 Å². The number of amides is 2. The van der Waals surface area contributed by atoms with Crippen molar-refractivity contribution in [3.63, 3.8) is 0 Å². The fourth-order valence-corrected chi connectivity index (χ4v) is 2.36. The molecule has 0 aliphatic carbocycles. The second kappa shape index (κ2) is 6.55. The molecule has 108 valence electrons. The van der Waals surface area contributed by atoms with E-state index in [4.69, 9.17) is 0 Å². The number of hydrogen-bond acceptors (Lipinski definition) is 2. The summed E-state index contributed by atoms with van der Waals surface area (Å²) in [6, 6.07) is 9.55. The first-order valence-corrected chi connectivity index (χ1v) is 7.22. The number of nitrogens with one attached hydrogen (secondary N) is 1. The van der Waals surface area contributed by atoms with E-state index < -0.39 is 0 Å². The highest BCUT2D eigenvalue weighted by Crippen LogP contribution is 2.14. The highest BCUT2D eigenvalue weighted by atomic mass is 16.2. The van der Waals surface area contributed by atoms with Gasteiger partial charge in [0.2, 0.25) is 5.91 Å². The van der Waals surface area contributed by atoms with Crippen molar-refractivity contribution in [1.82, 2.24) is 10.2 Å². The van der Waals surface area contributed by atoms with Crippen LogP contribution in [0.25, 0.3) is 0 Å². The quantitative estimate of drug-likeness (QED) is 0.917. The Kier molecular flexibility index (Phi) is 4.77. The maximum atomic E-state index is 12.3. The van der Waals surface area contributed by atoms with E-state index >= 15 is 0 Å². The first-order chi connectivity index (χ1) is 9.58. The fraction of sp³-hybridized carbons (Fsp3) is 0.500. The fourth-order valence-electron chi connectivity index (χ4n) is 2.36. The Bertz CT molecular complexity index is 463. The molecule has 4 nitrogen and oxygen atoms in total. The van der Waals surface area contributed by atoms with Crippen molar-refractivity contribution in [3.05, 3.63) is 35.9 Å². The number of carbonyl (C=O) groups is 2. The number of nitrogens with zero attached hydrogens (tertiary/aromatic N) is 1. The molecule has 0 bridgehead atoms. The van der Waals surface area contributed by atoms with E-state index in [-0.39, 0.29) is 23.8 Å². The second-order valence-electron chi connectivity index (χ2n) is 5.60. The zero-order valence-electron chi connectivity index (χ0n) is 12.1. The maximum Gasteiger partial charge on any atom is 0.253 e. The number of carbonyl (C=O) groups excluding carboxylic acids is 2. The van der Waals surface area contributed by atoms with Crippen LogP contribution < -0.4 is 5.32 Å². The third kappa shape index (κ3) is 3.59. The average molecular weight is 274 g/mol. The van der Waals surface area contributed by atoms with Gasteiger partial charge in [-0.25, -0.2) is 0 Å². The normalized spacial score (nSPS) is 16.2. The molecule has 0 unspecified atom stereocenters. The van der Waals surface area contributed by atoms with Gasteiger partial charge in [-0.1, -0.05) is 32.0 Å². The molecule has 1 aromatic carbocycles. The molecular weight excluding hydrogens is 252 g/mol. The van der Waals surface area contributed by atoms with Crippen molar-refractivity contribution in [2.24, 2.45) is 5.92 Å². The Morgan fingerprint density at radius 1 is 1.15 bits per heavy atom. The minimum absolute atomic E-state index is 0.0129. The molecule has 2 rings (SSSR count). The largest absolute Gasteiger partial charge is 0.353 e. The lowest BCUT2D eigenvalue weighted by atomic mass is 10.0. The van der Waals surface area contributed by atoms with Gasteiger partial charge in [-0.2, -0.15) is 0 Å². The van der Waals surface area contributed by atoms with Gasteiger partial charge in [0.1, 0.15) is 0 Å². The number of piperidine rings is 1. The number of likely N-dealkylation sites (tertiary alicyclic amines) is 1. The molecule has 4 heteroatoms. The third-order valence-electron chi connectivity index (χ3n) is 3.67. The number of rotatable bonds is 3. The van der Waals surface area contributed by atoms with Crippen LogP contribution in [0.15, 0.2) is 30.3 Å². The van der Waals surface area contributed by atoms with Crippen molar-refractivity contribution in [3.8, 4) is 0 Å². The number of hydrogen-bond donors (Lipinski definition) is 1. The molecule has 1 aliphatic rings. The van der Waals surface area contributed by atoms with Crippen molar-refractivity contribution >= 4 is 11.8 Å². The predicted octanol–water partition coefficient (Wildman–Crippen LogP) is 2.06. The molecular formula is C16H22N2O2. The zero-order chi connectivity index (χ0) is 14.5. The van der Waals surface area contributed by atoms with E-state index in [1.165, 1.54) is 0 Å². The maximum absolute atomic E-state index is 12.3. The van der Waals surface area contributed by atoms with Gasteiger partial charge in [0, 0.05) is 30.6 Å². The molecule has 1 fully saturated rings. The standard InChI is InChI=1S/C16H22N2O2/c1-12(2)15(19)17-14-8-10-18(11-9-14)16(20)13-6-4-3-5-7-13/h3-7,12,14H,8-11H2,1-2H3,(H,17,19). The Hall–Kier alpha value is -1.84. The van der Waals surface area contributed by atoms with Crippen LogP contribution in [0.5, 0.6) is 0 Å². The molecule has 0 radical (unpaired) electrons. The smallest absolute Gasteiger partial charge is 0.253 e. The van der Waals surface area contributed by atoms with Gasteiger partial charge in [0.15, 0.2) is 0 Å². The minimum atomic E-state index is 0.0129. The monoisotopic (exact) mass is 274 g/mol. The third-order valence-corrected chi connectivity index (χ3v) is 3.67. The van der Waals surface area contributed by atoms with Gasteiger partial charge in [0.05, 0.1) is 0 Å². The van der Waals surface area contributed by atoms with Crippen LogP contribution in [-0.4, -0.2) is 35.8 Å². The highest BCUT2D eigenvalue weighted by Gasteiger charge is 2.24. The summed E-state index contributed by atoms with van der Waals surface area (Å²) in [7, 11) is 0. The highest BCUT2D eigenvalue weighted by molar-refractivity contribution is 5.94. The summed E-state index contributed by atoms with van der Waals surface area (Å²) in [4.78, 5) is 25.8. The van der Waals surface area contributed by atoms with Crippen LogP contribution in [0.3, 0.4) is 0 Å². The van der Waals surface area contributed by atoms with E-state index in [2.05, 4.69) is 5.32 Å².